The van der Waals surface area contributed by atoms with E-state index in [-0.39, 0.29) is 11.9 Å². The van der Waals surface area contributed by atoms with Crippen LogP contribution in [-0.4, -0.2) is 32.7 Å². The average molecular weight is 252 g/mol. The van der Waals surface area contributed by atoms with E-state index in [0.717, 1.165) is 6.42 Å². The number of methoxy groups -OCH3 is 2. The molecule has 0 fully saturated rings. The second-order valence-electron chi connectivity index (χ2n) is 3.95. The van der Waals surface area contributed by atoms with Crippen LogP contribution in [0.2, 0.25) is 0 Å². The van der Waals surface area contributed by atoms with E-state index in [1.165, 1.54) is 7.11 Å². The third-order valence-corrected chi connectivity index (χ3v) is 2.69. The molecule has 0 aliphatic rings. The number of amides is 1. The van der Waals surface area contributed by atoms with Gasteiger partial charge in [-0.05, 0) is 24.6 Å². The summed E-state index contributed by atoms with van der Waals surface area (Å²) in [6, 6.07) is 5.02. The quantitative estimate of drug-likeness (QED) is 0.797. The van der Waals surface area contributed by atoms with Crippen molar-refractivity contribution in [3.8, 4) is 11.5 Å². The molecule has 0 heterocycles. The maximum atomic E-state index is 11.9. The third kappa shape index (κ3) is 3.63. The molecule has 0 aromatic heterocycles. The van der Waals surface area contributed by atoms with Gasteiger partial charge < -0.3 is 20.5 Å². The van der Waals surface area contributed by atoms with Crippen LogP contribution < -0.4 is 20.5 Å². The van der Waals surface area contributed by atoms with Crippen molar-refractivity contribution in [1.82, 2.24) is 5.32 Å². The highest BCUT2D eigenvalue weighted by Gasteiger charge is 2.11. The lowest BCUT2D eigenvalue weighted by Crippen LogP contribution is -2.36. The lowest BCUT2D eigenvalue weighted by Gasteiger charge is -2.12. The highest BCUT2D eigenvalue weighted by atomic mass is 16.5. The second kappa shape index (κ2) is 6.86. The summed E-state index contributed by atoms with van der Waals surface area (Å²) in [6.45, 7) is 2.44. The van der Waals surface area contributed by atoms with E-state index in [0.29, 0.717) is 23.6 Å². The smallest absolute Gasteiger partial charge is 0.251 e. The molecule has 5 nitrogen and oxygen atoms in total. The van der Waals surface area contributed by atoms with Gasteiger partial charge in [-0.2, -0.15) is 0 Å². The fraction of sp³-hybridized carbons (Fsp3) is 0.462. The van der Waals surface area contributed by atoms with E-state index in [9.17, 15) is 4.79 Å². The van der Waals surface area contributed by atoms with Crippen molar-refractivity contribution in [1.29, 1.82) is 0 Å². The molecule has 1 aromatic carbocycles. The monoisotopic (exact) mass is 252 g/mol. The highest BCUT2D eigenvalue weighted by molar-refractivity contribution is 5.94. The average Bonchev–Trinajstić information content (AvgIpc) is 2.43. The van der Waals surface area contributed by atoms with E-state index in [1.54, 1.807) is 25.3 Å². The molecule has 18 heavy (non-hydrogen) atoms. The normalized spacial score (nSPS) is 11.8. The number of rotatable bonds is 6. The number of nitrogens with two attached hydrogens (primary N) is 1. The standard InChI is InChI=1S/C13H20N2O3/c1-4-10(14)8-15-13(16)9-5-6-11(17-2)12(7-9)18-3/h5-7,10H,4,8,14H2,1-3H3,(H,15,16). The van der Waals surface area contributed by atoms with Gasteiger partial charge in [-0.3, -0.25) is 4.79 Å². The van der Waals surface area contributed by atoms with Crippen molar-refractivity contribution < 1.29 is 14.3 Å². The summed E-state index contributed by atoms with van der Waals surface area (Å²) in [5.41, 5.74) is 6.27. The van der Waals surface area contributed by atoms with Crippen LogP contribution in [-0.2, 0) is 0 Å². The summed E-state index contributed by atoms with van der Waals surface area (Å²) in [4.78, 5) is 11.9. The van der Waals surface area contributed by atoms with Crippen LogP contribution in [0, 0.1) is 0 Å². The molecule has 0 aliphatic carbocycles. The van der Waals surface area contributed by atoms with Crippen LogP contribution in [0.3, 0.4) is 0 Å². The number of carbonyl (C=O) groups is 1. The molecular weight excluding hydrogens is 232 g/mol. The number of ether oxygens (including phenoxy) is 2. The third-order valence-electron chi connectivity index (χ3n) is 2.69. The molecule has 0 radical (unpaired) electrons. The second-order valence-corrected chi connectivity index (χ2v) is 3.95. The van der Waals surface area contributed by atoms with Crippen molar-refractivity contribution in [2.75, 3.05) is 20.8 Å². The predicted octanol–water partition coefficient (Wildman–Crippen LogP) is 1.17. The summed E-state index contributed by atoms with van der Waals surface area (Å²) < 4.78 is 10.3. The van der Waals surface area contributed by atoms with Crippen molar-refractivity contribution in [2.24, 2.45) is 5.73 Å². The van der Waals surface area contributed by atoms with Crippen LogP contribution >= 0.6 is 0 Å². The molecule has 0 bridgehead atoms. The summed E-state index contributed by atoms with van der Waals surface area (Å²) >= 11 is 0. The summed E-state index contributed by atoms with van der Waals surface area (Å²) in [6.07, 6.45) is 0.826. The van der Waals surface area contributed by atoms with E-state index in [4.69, 9.17) is 15.2 Å². The van der Waals surface area contributed by atoms with Crippen LogP contribution in [0.15, 0.2) is 18.2 Å². The Bertz CT molecular complexity index is 407. The van der Waals surface area contributed by atoms with Crippen LogP contribution in [0.1, 0.15) is 23.7 Å². The minimum absolute atomic E-state index is 0.0194. The zero-order valence-corrected chi connectivity index (χ0v) is 11.0. The molecular formula is C13H20N2O3. The van der Waals surface area contributed by atoms with Gasteiger partial charge in [-0.1, -0.05) is 6.92 Å². The molecule has 100 valence electrons. The molecule has 0 aliphatic heterocycles. The number of benzene rings is 1. The minimum Gasteiger partial charge on any atom is -0.493 e. The molecule has 1 atom stereocenters. The number of carbonyl (C=O) groups excluding carboxylic acids is 1. The zero-order chi connectivity index (χ0) is 13.5. The first-order chi connectivity index (χ1) is 8.62. The van der Waals surface area contributed by atoms with Gasteiger partial charge in [0.2, 0.25) is 0 Å². The molecule has 0 saturated carbocycles. The maximum Gasteiger partial charge on any atom is 0.251 e. The first-order valence-corrected chi connectivity index (χ1v) is 5.88. The Balaban J connectivity index is 2.74. The van der Waals surface area contributed by atoms with Crippen molar-refractivity contribution in [3.05, 3.63) is 23.8 Å². The molecule has 1 amide bonds. The molecule has 5 heteroatoms. The van der Waals surface area contributed by atoms with E-state index >= 15 is 0 Å². The van der Waals surface area contributed by atoms with E-state index in [1.807, 2.05) is 6.92 Å². The molecule has 3 N–H and O–H groups in total. The molecule has 1 aromatic rings. The minimum atomic E-state index is -0.167. The van der Waals surface area contributed by atoms with Crippen LogP contribution in [0.25, 0.3) is 0 Å². The lowest BCUT2D eigenvalue weighted by atomic mass is 10.1. The zero-order valence-electron chi connectivity index (χ0n) is 11.0. The van der Waals surface area contributed by atoms with Crippen molar-refractivity contribution in [2.45, 2.75) is 19.4 Å². The lowest BCUT2D eigenvalue weighted by molar-refractivity contribution is 0.0950. The fourth-order valence-electron chi connectivity index (χ4n) is 1.45. The number of hydrogen-bond donors (Lipinski definition) is 2. The van der Waals surface area contributed by atoms with Crippen molar-refractivity contribution >= 4 is 5.91 Å². The Morgan fingerprint density at radius 1 is 1.33 bits per heavy atom. The Morgan fingerprint density at radius 3 is 2.56 bits per heavy atom. The fourth-order valence-corrected chi connectivity index (χ4v) is 1.45. The largest absolute Gasteiger partial charge is 0.493 e. The van der Waals surface area contributed by atoms with Gasteiger partial charge in [0.1, 0.15) is 0 Å². The van der Waals surface area contributed by atoms with E-state index in [2.05, 4.69) is 5.32 Å². The summed E-state index contributed by atoms with van der Waals surface area (Å²) in [5.74, 6) is 0.962. The van der Waals surface area contributed by atoms with E-state index < -0.39 is 0 Å². The Labute approximate surface area is 107 Å². The molecule has 1 unspecified atom stereocenters. The first-order valence-electron chi connectivity index (χ1n) is 5.88. The van der Waals surface area contributed by atoms with Gasteiger partial charge in [0.15, 0.2) is 11.5 Å². The van der Waals surface area contributed by atoms with Gasteiger partial charge >= 0.3 is 0 Å². The topological polar surface area (TPSA) is 73.6 Å². The first kappa shape index (κ1) is 14.3. The Hall–Kier alpha value is -1.75. The van der Waals surface area contributed by atoms with Crippen LogP contribution in [0.4, 0.5) is 0 Å². The number of hydrogen-bond acceptors (Lipinski definition) is 4. The molecule has 1 rings (SSSR count). The van der Waals surface area contributed by atoms with Gasteiger partial charge in [0, 0.05) is 18.2 Å². The summed E-state index contributed by atoms with van der Waals surface area (Å²) in [5, 5.41) is 2.78. The number of nitrogens with one attached hydrogen (secondary N) is 1. The Morgan fingerprint density at radius 2 is 2.00 bits per heavy atom. The molecule has 0 spiro atoms. The van der Waals surface area contributed by atoms with Crippen molar-refractivity contribution in [3.63, 3.8) is 0 Å². The van der Waals surface area contributed by atoms with Gasteiger partial charge in [0.05, 0.1) is 14.2 Å². The van der Waals surface area contributed by atoms with Gasteiger partial charge in [0.25, 0.3) is 5.91 Å². The Kier molecular flexibility index (Phi) is 5.45. The highest BCUT2D eigenvalue weighted by Crippen LogP contribution is 2.27. The summed E-state index contributed by atoms with van der Waals surface area (Å²) in [7, 11) is 3.09. The van der Waals surface area contributed by atoms with Crippen LogP contribution in [0.5, 0.6) is 11.5 Å². The predicted molar refractivity (Wildman–Crippen MR) is 70.1 cm³/mol. The SMILES string of the molecule is CCC(N)CNC(=O)c1ccc(OC)c(OC)c1. The van der Waals surface area contributed by atoms with Gasteiger partial charge in [-0.25, -0.2) is 0 Å². The van der Waals surface area contributed by atoms with Gasteiger partial charge in [-0.15, -0.1) is 0 Å². The molecule has 0 saturated heterocycles. The maximum absolute atomic E-state index is 11.9.